The van der Waals surface area contributed by atoms with Gasteiger partial charge >= 0.3 is 0 Å². The van der Waals surface area contributed by atoms with E-state index >= 15 is 0 Å². The maximum Gasteiger partial charge on any atom is 0.253 e. The highest BCUT2D eigenvalue weighted by molar-refractivity contribution is 6.31. The fraction of sp³-hybridized carbons (Fsp3) is 0.200. The van der Waals surface area contributed by atoms with Crippen LogP contribution in [0.4, 0.5) is 0 Å². The van der Waals surface area contributed by atoms with Crippen molar-refractivity contribution in [2.45, 2.75) is 6.10 Å². The minimum atomic E-state index is -1.19. The number of halogens is 1. The van der Waals surface area contributed by atoms with Gasteiger partial charge in [0.25, 0.3) is 5.91 Å². The molecule has 1 aromatic carbocycles. The van der Waals surface area contributed by atoms with E-state index in [1.165, 1.54) is 0 Å². The zero-order chi connectivity index (χ0) is 15.1. The summed E-state index contributed by atoms with van der Waals surface area (Å²) in [6, 6.07) is 12.1. The van der Waals surface area contributed by atoms with E-state index in [2.05, 4.69) is 10.3 Å². The third kappa shape index (κ3) is 4.44. The Morgan fingerprint density at radius 3 is 2.76 bits per heavy atom. The number of aliphatic hydroxyl groups excluding tert-OH is 1. The molecule has 110 valence electrons. The standard InChI is InChI=1S/C15H15ClN2O3/c16-12-7-4-8-18-15(12)21-10-9-17-14(20)13(19)11-5-2-1-3-6-11/h1-8,13,19H,9-10H2,(H,17,20). The molecule has 0 saturated heterocycles. The molecule has 0 radical (unpaired) electrons. The van der Waals surface area contributed by atoms with Crippen LogP contribution in [-0.4, -0.2) is 29.1 Å². The zero-order valence-electron chi connectivity index (χ0n) is 11.2. The normalized spacial score (nSPS) is 11.7. The van der Waals surface area contributed by atoms with Crippen LogP contribution in [0.1, 0.15) is 11.7 Å². The summed E-state index contributed by atoms with van der Waals surface area (Å²) in [7, 11) is 0. The van der Waals surface area contributed by atoms with Gasteiger partial charge in [0.2, 0.25) is 5.88 Å². The number of carbonyl (C=O) groups is 1. The number of hydrogen-bond acceptors (Lipinski definition) is 4. The Morgan fingerprint density at radius 1 is 1.29 bits per heavy atom. The molecular formula is C15H15ClN2O3. The van der Waals surface area contributed by atoms with E-state index in [0.29, 0.717) is 16.5 Å². The predicted octanol–water partition coefficient (Wildman–Crippen LogP) is 1.96. The van der Waals surface area contributed by atoms with Gasteiger partial charge in [0.15, 0.2) is 6.10 Å². The number of aromatic nitrogens is 1. The quantitative estimate of drug-likeness (QED) is 0.800. The number of rotatable bonds is 6. The maximum atomic E-state index is 11.8. The van der Waals surface area contributed by atoms with E-state index in [4.69, 9.17) is 16.3 Å². The Morgan fingerprint density at radius 2 is 2.05 bits per heavy atom. The molecule has 1 atom stereocenters. The third-order valence-electron chi connectivity index (χ3n) is 2.73. The molecule has 0 spiro atoms. The molecule has 2 aromatic rings. The van der Waals surface area contributed by atoms with Crippen LogP contribution in [0.3, 0.4) is 0 Å². The number of nitrogens with one attached hydrogen (secondary N) is 1. The van der Waals surface area contributed by atoms with Crippen molar-refractivity contribution in [3.05, 3.63) is 59.2 Å². The summed E-state index contributed by atoms with van der Waals surface area (Å²) in [4.78, 5) is 15.7. The van der Waals surface area contributed by atoms with Gasteiger partial charge in [-0.05, 0) is 17.7 Å². The number of carbonyl (C=O) groups excluding carboxylic acids is 1. The summed E-state index contributed by atoms with van der Waals surface area (Å²) in [5.41, 5.74) is 0.545. The molecule has 0 aliphatic carbocycles. The van der Waals surface area contributed by atoms with E-state index in [1.54, 1.807) is 42.6 Å². The monoisotopic (exact) mass is 306 g/mol. The van der Waals surface area contributed by atoms with Gasteiger partial charge in [-0.15, -0.1) is 0 Å². The van der Waals surface area contributed by atoms with E-state index in [9.17, 15) is 9.90 Å². The first kappa shape index (κ1) is 15.3. The van der Waals surface area contributed by atoms with Crippen molar-refractivity contribution in [3.8, 4) is 5.88 Å². The van der Waals surface area contributed by atoms with Gasteiger partial charge in [-0.2, -0.15) is 0 Å². The van der Waals surface area contributed by atoms with Crippen LogP contribution in [0.15, 0.2) is 48.7 Å². The summed E-state index contributed by atoms with van der Waals surface area (Å²) >= 11 is 5.88. The van der Waals surface area contributed by atoms with Gasteiger partial charge in [0.05, 0.1) is 6.54 Å². The number of benzene rings is 1. The Labute approximate surface area is 127 Å². The van der Waals surface area contributed by atoms with Gasteiger partial charge in [-0.3, -0.25) is 4.79 Å². The molecule has 2 N–H and O–H groups in total. The average Bonchev–Trinajstić information content (AvgIpc) is 2.53. The molecule has 5 nitrogen and oxygen atoms in total. The molecule has 21 heavy (non-hydrogen) atoms. The molecule has 1 aromatic heterocycles. The molecule has 0 bridgehead atoms. The molecule has 6 heteroatoms. The second-order valence-corrected chi connectivity index (χ2v) is 4.65. The van der Waals surface area contributed by atoms with Crippen molar-refractivity contribution in [1.29, 1.82) is 0 Å². The lowest BCUT2D eigenvalue weighted by Crippen LogP contribution is -2.32. The number of ether oxygens (including phenoxy) is 1. The summed E-state index contributed by atoms with van der Waals surface area (Å²) < 4.78 is 5.33. The van der Waals surface area contributed by atoms with Crippen molar-refractivity contribution in [1.82, 2.24) is 10.3 Å². The third-order valence-corrected chi connectivity index (χ3v) is 3.02. The minimum Gasteiger partial charge on any atom is -0.475 e. The SMILES string of the molecule is O=C(NCCOc1ncccc1Cl)C(O)c1ccccc1. The highest BCUT2D eigenvalue weighted by Gasteiger charge is 2.16. The lowest BCUT2D eigenvalue weighted by atomic mass is 10.1. The van der Waals surface area contributed by atoms with Crippen LogP contribution < -0.4 is 10.1 Å². The van der Waals surface area contributed by atoms with E-state index in [1.807, 2.05) is 6.07 Å². The number of hydrogen-bond donors (Lipinski definition) is 2. The fourth-order valence-electron chi connectivity index (χ4n) is 1.68. The lowest BCUT2D eigenvalue weighted by molar-refractivity contribution is -0.129. The van der Waals surface area contributed by atoms with Crippen molar-refractivity contribution in [2.75, 3.05) is 13.2 Å². The molecule has 0 aliphatic heterocycles. The van der Waals surface area contributed by atoms with Crippen molar-refractivity contribution in [3.63, 3.8) is 0 Å². The largest absolute Gasteiger partial charge is 0.475 e. The fourth-order valence-corrected chi connectivity index (χ4v) is 1.86. The first-order valence-electron chi connectivity index (χ1n) is 6.42. The molecular weight excluding hydrogens is 292 g/mol. The van der Waals surface area contributed by atoms with Crippen LogP contribution >= 0.6 is 11.6 Å². The first-order chi connectivity index (χ1) is 10.2. The van der Waals surface area contributed by atoms with Gasteiger partial charge in [0.1, 0.15) is 11.6 Å². The molecule has 1 unspecified atom stereocenters. The average molecular weight is 307 g/mol. The number of pyridine rings is 1. The van der Waals surface area contributed by atoms with Crippen molar-refractivity contribution >= 4 is 17.5 Å². The second-order valence-electron chi connectivity index (χ2n) is 4.24. The Balaban J connectivity index is 1.76. The van der Waals surface area contributed by atoms with Crippen LogP contribution in [-0.2, 0) is 4.79 Å². The van der Waals surface area contributed by atoms with E-state index in [0.717, 1.165) is 0 Å². The van der Waals surface area contributed by atoms with Crippen molar-refractivity contribution < 1.29 is 14.6 Å². The van der Waals surface area contributed by atoms with Crippen LogP contribution in [0.25, 0.3) is 0 Å². The summed E-state index contributed by atoms with van der Waals surface area (Å²) in [5.74, 6) is -0.158. The molecule has 2 rings (SSSR count). The summed E-state index contributed by atoms with van der Waals surface area (Å²) in [5, 5.41) is 12.9. The first-order valence-corrected chi connectivity index (χ1v) is 6.80. The second kappa shape index (κ2) is 7.61. The molecule has 0 fully saturated rings. The topological polar surface area (TPSA) is 71.5 Å². The highest BCUT2D eigenvalue weighted by atomic mass is 35.5. The van der Waals surface area contributed by atoms with Gasteiger partial charge < -0.3 is 15.2 Å². The lowest BCUT2D eigenvalue weighted by Gasteiger charge is -2.12. The maximum absolute atomic E-state index is 11.8. The zero-order valence-corrected chi connectivity index (χ0v) is 12.0. The Kier molecular flexibility index (Phi) is 5.54. The minimum absolute atomic E-state index is 0.212. The van der Waals surface area contributed by atoms with Crippen LogP contribution in [0.2, 0.25) is 5.02 Å². The Hall–Kier alpha value is -2.11. The predicted molar refractivity (Wildman–Crippen MR) is 79.2 cm³/mol. The molecule has 1 heterocycles. The van der Waals surface area contributed by atoms with Crippen LogP contribution in [0, 0.1) is 0 Å². The van der Waals surface area contributed by atoms with Gasteiger partial charge in [-0.25, -0.2) is 4.98 Å². The summed E-state index contributed by atoms with van der Waals surface area (Å²) in [6.07, 6.45) is 0.378. The highest BCUT2D eigenvalue weighted by Crippen LogP contribution is 2.19. The van der Waals surface area contributed by atoms with E-state index < -0.39 is 12.0 Å². The van der Waals surface area contributed by atoms with Crippen LogP contribution in [0.5, 0.6) is 5.88 Å². The molecule has 1 amide bonds. The summed E-state index contributed by atoms with van der Waals surface area (Å²) in [6.45, 7) is 0.458. The molecule has 0 aliphatic rings. The van der Waals surface area contributed by atoms with Gasteiger partial charge in [-0.1, -0.05) is 41.9 Å². The number of aliphatic hydroxyl groups is 1. The number of nitrogens with zero attached hydrogens (tertiary/aromatic N) is 1. The number of amides is 1. The Bertz CT molecular complexity index is 592. The molecule has 0 saturated carbocycles. The van der Waals surface area contributed by atoms with E-state index in [-0.39, 0.29) is 13.2 Å². The van der Waals surface area contributed by atoms with Gasteiger partial charge in [0, 0.05) is 6.20 Å². The smallest absolute Gasteiger partial charge is 0.253 e. The van der Waals surface area contributed by atoms with Crippen molar-refractivity contribution in [2.24, 2.45) is 0 Å².